The van der Waals surface area contributed by atoms with Gasteiger partial charge in [-0.1, -0.05) is 6.42 Å². The third-order valence-corrected chi connectivity index (χ3v) is 5.84. The van der Waals surface area contributed by atoms with Crippen LogP contribution in [0.5, 0.6) is 0 Å². The van der Waals surface area contributed by atoms with Crippen molar-refractivity contribution in [3.63, 3.8) is 0 Å². The first-order valence-corrected chi connectivity index (χ1v) is 10.1. The van der Waals surface area contributed by atoms with Crippen molar-refractivity contribution in [3.8, 4) is 0 Å². The molecule has 2 aliphatic rings. The van der Waals surface area contributed by atoms with E-state index >= 15 is 0 Å². The fraction of sp³-hybridized carbons (Fsp3) is 0.684. The molecule has 0 saturated carbocycles. The van der Waals surface area contributed by atoms with Crippen molar-refractivity contribution >= 4 is 0 Å². The van der Waals surface area contributed by atoms with Crippen molar-refractivity contribution < 1.29 is 8.78 Å². The van der Waals surface area contributed by atoms with E-state index in [0.29, 0.717) is 12.5 Å². The van der Waals surface area contributed by atoms with Crippen LogP contribution in [0.25, 0.3) is 0 Å². The van der Waals surface area contributed by atoms with Crippen LogP contribution in [0.2, 0.25) is 0 Å². The summed E-state index contributed by atoms with van der Waals surface area (Å²) < 4.78 is 29.0. The maximum absolute atomic E-state index is 12.6. The molecule has 152 valence electrons. The van der Waals surface area contributed by atoms with E-state index < -0.39 is 17.7 Å². The van der Waals surface area contributed by atoms with Gasteiger partial charge < -0.3 is 4.57 Å². The summed E-state index contributed by atoms with van der Waals surface area (Å²) in [6.45, 7) is 4.22. The zero-order valence-corrected chi connectivity index (χ0v) is 15.9. The first-order valence-electron chi connectivity index (χ1n) is 10.1. The molecule has 2 aliphatic heterocycles. The molecule has 4 rings (SSSR count). The van der Waals surface area contributed by atoms with Gasteiger partial charge in [0.25, 0.3) is 12.0 Å². The highest BCUT2D eigenvalue weighted by Gasteiger charge is 2.23. The Labute approximate surface area is 162 Å². The molecule has 0 atom stereocenters. The second kappa shape index (κ2) is 8.46. The average Bonchev–Trinajstić information content (AvgIpc) is 2.91. The lowest BCUT2D eigenvalue weighted by molar-refractivity contribution is 0.144. The second-order valence-corrected chi connectivity index (χ2v) is 7.82. The van der Waals surface area contributed by atoms with Gasteiger partial charge >= 0.3 is 0 Å². The molecule has 2 aromatic heterocycles. The topological polar surface area (TPSA) is 68.8 Å². The molecule has 0 N–H and O–H groups in total. The molecule has 1 fully saturated rings. The third-order valence-electron chi connectivity index (χ3n) is 5.84. The summed E-state index contributed by atoms with van der Waals surface area (Å²) in [6.07, 6.45) is 5.11. The van der Waals surface area contributed by atoms with E-state index in [4.69, 9.17) is 0 Å². The Morgan fingerprint density at radius 1 is 1.11 bits per heavy atom. The molecule has 1 saturated heterocycles. The van der Waals surface area contributed by atoms with E-state index in [-0.39, 0.29) is 0 Å². The average molecular weight is 392 g/mol. The van der Waals surface area contributed by atoms with Gasteiger partial charge in [0.15, 0.2) is 0 Å². The van der Waals surface area contributed by atoms with Crippen LogP contribution in [0.1, 0.15) is 55.9 Å². The van der Waals surface area contributed by atoms with Crippen molar-refractivity contribution in [1.29, 1.82) is 0 Å². The Balaban J connectivity index is 1.32. The van der Waals surface area contributed by atoms with Crippen molar-refractivity contribution in [2.24, 2.45) is 5.92 Å². The minimum atomic E-state index is -2.71. The van der Waals surface area contributed by atoms with Crippen LogP contribution in [0.3, 0.4) is 0 Å². The quantitative estimate of drug-likeness (QED) is 0.782. The summed E-state index contributed by atoms with van der Waals surface area (Å²) in [5.74, 6) is 2.52. The molecule has 28 heavy (non-hydrogen) atoms. The van der Waals surface area contributed by atoms with Crippen molar-refractivity contribution in [2.45, 2.75) is 64.6 Å². The zero-order valence-electron chi connectivity index (χ0n) is 15.9. The Hall–Kier alpha value is -2.16. The predicted octanol–water partition coefficient (Wildman–Crippen LogP) is 2.41. The number of hydrogen-bond acceptors (Lipinski definition) is 5. The molecular weight excluding hydrogens is 366 g/mol. The summed E-state index contributed by atoms with van der Waals surface area (Å²) in [4.78, 5) is 18.1. The van der Waals surface area contributed by atoms with Crippen LogP contribution < -0.4 is 5.56 Å². The molecule has 0 spiro atoms. The Kier molecular flexibility index (Phi) is 5.79. The summed E-state index contributed by atoms with van der Waals surface area (Å²) in [5.41, 5.74) is -0.859. The van der Waals surface area contributed by atoms with E-state index in [0.717, 1.165) is 63.2 Å². The van der Waals surface area contributed by atoms with Gasteiger partial charge in [-0.25, -0.2) is 13.8 Å². The lowest BCUT2D eigenvalue weighted by Crippen LogP contribution is -2.36. The second-order valence-electron chi connectivity index (χ2n) is 7.82. The summed E-state index contributed by atoms with van der Waals surface area (Å²) in [6, 6.07) is 0.941. The number of hydrogen-bond donors (Lipinski definition) is 0. The fourth-order valence-electron chi connectivity index (χ4n) is 4.16. The highest BCUT2D eigenvalue weighted by Crippen LogP contribution is 2.22. The number of halogens is 2. The number of piperidine rings is 1. The van der Waals surface area contributed by atoms with Gasteiger partial charge in [0.05, 0.1) is 12.9 Å². The number of alkyl halides is 2. The number of aromatic nitrogens is 5. The molecule has 0 radical (unpaired) electrons. The summed E-state index contributed by atoms with van der Waals surface area (Å²) in [5, 5.41) is 8.78. The van der Waals surface area contributed by atoms with Crippen LogP contribution in [-0.4, -0.2) is 42.3 Å². The van der Waals surface area contributed by atoms with E-state index in [1.807, 2.05) is 0 Å². The molecule has 9 heteroatoms. The van der Waals surface area contributed by atoms with Crippen molar-refractivity contribution in [1.82, 2.24) is 29.2 Å². The Bertz CT molecular complexity index is 856. The summed E-state index contributed by atoms with van der Waals surface area (Å²) in [7, 11) is 0. The Morgan fingerprint density at radius 3 is 2.68 bits per heavy atom. The fourth-order valence-corrected chi connectivity index (χ4v) is 4.16. The highest BCUT2D eigenvalue weighted by molar-refractivity contribution is 5.01. The zero-order chi connectivity index (χ0) is 19.5. The van der Waals surface area contributed by atoms with Gasteiger partial charge in [0.2, 0.25) is 0 Å². The van der Waals surface area contributed by atoms with Gasteiger partial charge in [-0.3, -0.25) is 14.3 Å². The van der Waals surface area contributed by atoms with Gasteiger partial charge in [0.1, 0.15) is 17.3 Å². The highest BCUT2D eigenvalue weighted by atomic mass is 19.3. The third kappa shape index (κ3) is 4.29. The van der Waals surface area contributed by atoms with Crippen molar-refractivity contribution in [2.75, 3.05) is 13.1 Å². The Morgan fingerprint density at radius 2 is 1.93 bits per heavy atom. The molecule has 0 aliphatic carbocycles. The lowest BCUT2D eigenvalue weighted by Gasteiger charge is -2.31. The van der Waals surface area contributed by atoms with Crippen LogP contribution in [0, 0.1) is 5.92 Å². The normalized spacial score (nSPS) is 19.0. The smallest absolute Gasteiger partial charge is 0.280 e. The minimum Gasteiger partial charge on any atom is -0.314 e. The minimum absolute atomic E-state index is 0.351. The molecule has 0 bridgehead atoms. The summed E-state index contributed by atoms with van der Waals surface area (Å²) >= 11 is 0. The van der Waals surface area contributed by atoms with Crippen LogP contribution in [-0.2, 0) is 26.1 Å². The van der Waals surface area contributed by atoms with E-state index in [1.165, 1.54) is 30.2 Å². The van der Waals surface area contributed by atoms with E-state index in [2.05, 4.69) is 24.6 Å². The lowest BCUT2D eigenvalue weighted by atomic mass is 9.96. The van der Waals surface area contributed by atoms with Crippen LogP contribution in [0.4, 0.5) is 8.78 Å². The molecular formula is C19H26F2N6O. The number of aryl methyl sites for hydroxylation is 1. The van der Waals surface area contributed by atoms with Gasteiger partial charge in [0, 0.05) is 25.6 Å². The SMILES string of the molecule is O=c1cc(C(F)F)ncn1CC1CCN(Cc2nnc3n2CCCCC3)CC1. The van der Waals surface area contributed by atoms with Gasteiger partial charge in [-0.05, 0) is 44.7 Å². The number of nitrogens with zero attached hydrogens (tertiary/aromatic N) is 6. The van der Waals surface area contributed by atoms with Crippen molar-refractivity contribution in [3.05, 3.63) is 40.1 Å². The number of fused-ring (bicyclic) bond motifs is 1. The maximum atomic E-state index is 12.6. The molecule has 4 heterocycles. The predicted molar refractivity (Wildman–Crippen MR) is 99.0 cm³/mol. The first-order chi connectivity index (χ1) is 13.6. The molecule has 0 aromatic carbocycles. The standard InChI is InChI=1S/C19H26F2N6O/c20-19(21)15-10-18(28)26(13-22-15)11-14-5-8-25(9-6-14)12-17-24-23-16-4-2-1-3-7-27(16)17/h10,13-14,19H,1-9,11-12H2. The van der Waals surface area contributed by atoms with Crippen LogP contribution >= 0.6 is 0 Å². The first kappa shape index (κ1) is 19.2. The van der Waals surface area contributed by atoms with E-state index in [9.17, 15) is 13.6 Å². The van der Waals surface area contributed by atoms with Crippen LogP contribution in [0.15, 0.2) is 17.2 Å². The largest absolute Gasteiger partial charge is 0.314 e. The monoisotopic (exact) mass is 392 g/mol. The van der Waals surface area contributed by atoms with E-state index in [1.54, 1.807) is 0 Å². The van der Waals surface area contributed by atoms with Gasteiger partial charge in [-0.2, -0.15) is 0 Å². The molecule has 7 nitrogen and oxygen atoms in total. The molecule has 0 unspecified atom stereocenters. The van der Waals surface area contributed by atoms with Gasteiger partial charge in [-0.15, -0.1) is 10.2 Å². The molecule has 2 aromatic rings. The molecule has 0 amide bonds. The number of rotatable bonds is 5. The maximum Gasteiger partial charge on any atom is 0.280 e. The number of likely N-dealkylation sites (tertiary alicyclic amines) is 1.